The van der Waals surface area contributed by atoms with Gasteiger partial charge in [-0.2, -0.15) is 4.31 Å². The highest BCUT2D eigenvalue weighted by molar-refractivity contribution is 7.89. The van der Waals surface area contributed by atoms with Crippen LogP contribution in [0.1, 0.15) is 18.4 Å². The highest BCUT2D eigenvalue weighted by Gasteiger charge is 2.35. The van der Waals surface area contributed by atoms with Gasteiger partial charge < -0.3 is 10.1 Å². The van der Waals surface area contributed by atoms with Gasteiger partial charge in [-0.05, 0) is 50.6 Å². The van der Waals surface area contributed by atoms with E-state index < -0.39 is 10.0 Å². The van der Waals surface area contributed by atoms with Crippen LogP contribution < -0.4 is 10.1 Å². The predicted octanol–water partition coefficient (Wildman–Crippen LogP) is 1.38. The average Bonchev–Trinajstić information content (AvgIpc) is 2.87. The summed E-state index contributed by atoms with van der Waals surface area (Å²) < 4.78 is 32.3. The lowest BCUT2D eigenvalue weighted by Crippen LogP contribution is -2.40. The first-order valence-corrected chi connectivity index (χ1v) is 8.25. The van der Waals surface area contributed by atoms with E-state index in [1.54, 1.807) is 36.5 Å². The highest BCUT2D eigenvalue weighted by Crippen LogP contribution is 2.29. The number of likely N-dealkylation sites (N-methyl/N-ethyl adjacent to an activating group) is 1. The van der Waals surface area contributed by atoms with E-state index in [-0.39, 0.29) is 6.04 Å². The van der Waals surface area contributed by atoms with Crippen molar-refractivity contribution in [3.05, 3.63) is 23.8 Å². The third-order valence-electron chi connectivity index (χ3n) is 3.73. The van der Waals surface area contributed by atoms with Crippen molar-refractivity contribution in [1.29, 1.82) is 0 Å². The maximum Gasteiger partial charge on any atom is 0.243 e. The molecule has 1 aliphatic heterocycles. The Morgan fingerprint density at radius 3 is 2.80 bits per heavy atom. The molecule has 1 aromatic carbocycles. The van der Waals surface area contributed by atoms with Gasteiger partial charge in [0.1, 0.15) is 5.75 Å². The Morgan fingerprint density at radius 2 is 2.20 bits per heavy atom. The molecule has 1 aliphatic rings. The van der Waals surface area contributed by atoms with Crippen LogP contribution in [0.3, 0.4) is 0 Å². The minimum atomic E-state index is -3.43. The van der Waals surface area contributed by atoms with E-state index in [4.69, 9.17) is 4.74 Å². The predicted molar refractivity (Wildman–Crippen MR) is 78.6 cm³/mol. The number of aryl methyl sites for hydroxylation is 1. The van der Waals surface area contributed by atoms with Gasteiger partial charge in [0.15, 0.2) is 0 Å². The summed E-state index contributed by atoms with van der Waals surface area (Å²) in [6.45, 7) is 3.09. The molecule has 0 bridgehead atoms. The van der Waals surface area contributed by atoms with Crippen molar-refractivity contribution in [3.8, 4) is 5.75 Å². The van der Waals surface area contributed by atoms with Crippen LogP contribution in [0.4, 0.5) is 0 Å². The van der Waals surface area contributed by atoms with Crippen LogP contribution in [-0.4, -0.2) is 46.0 Å². The summed E-state index contributed by atoms with van der Waals surface area (Å²) in [6, 6.07) is 5.14. The Bertz CT molecular complexity index is 572. The Kier molecular flexibility index (Phi) is 4.67. The summed E-state index contributed by atoms with van der Waals surface area (Å²) in [7, 11) is -0.00322. The molecule has 1 saturated heterocycles. The van der Waals surface area contributed by atoms with E-state index in [1.807, 2.05) is 7.05 Å². The Hall–Kier alpha value is -1.11. The van der Waals surface area contributed by atoms with E-state index in [9.17, 15) is 8.42 Å². The quantitative estimate of drug-likeness (QED) is 0.892. The summed E-state index contributed by atoms with van der Waals surface area (Å²) >= 11 is 0. The molecule has 0 amide bonds. The van der Waals surface area contributed by atoms with Crippen molar-refractivity contribution < 1.29 is 13.2 Å². The second-order valence-corrected chi connectivity index (χ2v) is 6.96. The van der Waals surface area contributed by atoms with Crippen molar-refractivity contribution in [2.24, 2.45) is 0 Å². The zero-order chi connectivity index (χ0) is 14.8. The largest absolute Gasteiger partial charge is 0.497 e. The number of hydrogen-bond acceptors (Lipinski definition) is 4. The Labute approximate surface area is 121 Å². The van der Waals surface area contributed by atoms with Gasteiger partial charge in [-0.1, -0.05) is 0 Å². The summed E-state index contributed by atoms with van der Waals surface area (Å²) in [5.41, 5.74) is 0.722. The highest BCUT2D eigenvalue weighted by atomic mass is 32.2. The van der Waals surface area contributed by atoms with Gasteiger partial charge in [0.05, 0.1) is 12.0 Å². The van der Waals surface area contributed by atoms with E-state index in [0.29, 0.717) is 23.7 Å². The summed E-state index contributed by atoms with van der Waals surface area (Å²) in [4.78, 5) is 0.376. The van der Waals surface area contributed by atoms with Crippen molar-refractivity contribution in [3.63, 3.8) is 0 Å². The van der Waals surface area contributed by atoms with Crippen LogP contribution in [0, 0.1) is 6.92 Å². The van der Waals surface area contributed by atoms with Gasteiger partial charge in [-0.15, -0.1) is 0 Å². The number of ether oxygens (including phenoxy) is 1. The van der Waals surface area contributed by atoms with Gasteiger partial charge in [0, 0.05) is 19.1 Å². The number of nitrogens with one attached hydrogen (secondary N) is 1. The maximum absolute atomic E-state index is 12.8. The first-order valence-electron chi connectivity index (χ1n) is 6.81. The van der Waals surface area contributed by atoms with Crippen molar-refractivity contribution in [2.45, 2.75) is 30.7 Å². The molecule has 1 fully saturated rings. The molecule has 5 nitrogen and oxygen atoms in total. The summed E-state index contributed by atoms with van der Waals surface area (Å²) in [6.07, 6.45) is 1.83. The molecule has 0 saturated carbocycles. The lowest BCUT2D eigenvalue weighted by atomic mass is 10.2. The van der Waals surface area contributed by atoms with Crippen LogP contribution in [0.15, 0.2) is 23.1 Å². The van der Waals surface area contributed by atoms with E-state index in [2.05, 4.69) is 5.32 Å². The topological polar surface area (TPSA) is 58.6 Å². The summed E-state index contributed by atoms with van der Waals surface area (Å²) in [5, 5.41) is 3.07. The van der Waals surface area contributed by atoms with Gasteiger partial charge in [0.2, 0.25) is 10.0 Å². The molecule has 0 aliphatic carbocycles. The van der Waals surface area contributed by atoms with Crippen LogP contribution in [0.5, 0.6) is 5.75 Å². The number of rotatable bonds is 5. The van der Waals surface area contributed by atoms with Crippen LogP contribution in [-0.2, 0) is 10.0 Å². The smallest absolute Gasteiger partial charge is 0.243 e. The molecule has 1 heterocycles. The fraction of sp³-hybridized carbons (Fsp3) is 0.571. The third-order valence-corrected chi connectivity index (χ3v) is 5.84. The number of methoxy groups -OCH3 is 1. The van der Waals surface area contributed by atoms with E-state index in [0.717, 1.165) is 18.4 Å². The molecule has 1 atom stereocenters. The molecule has 2 rings (SSSR count). The molecule has 6 heteroatoms. The molecule has 1 aromatic rings. The fourth-order valence-corrected chi connectivity index (χ4v) is 4.63. The molecule has 0 aromatic heterocycles. The van der Waals surface area contributed by atoms with Gasteiger partial charge in [-0.3, -0.25) is 0 Å². The first-order chi connectivity index (χ1) is 9.50. The number of sulfonamides is 1. The zero-order valence-electron chi connectivity index (χ0n) is 12.2. The van der Waals surface area contributed by atoms with Crippen molar-refractivity contribution >= 4 is 10.0 Å². The maximum atomic E-state index is 12.8. The lowest BCUT2D eigenvalue weighted by molar-refractivity contribution is 0.378. The van der Waals surface area contributed by atoms with Crippen LogP contribution >= 0.6 is 0 Å². The minimum absolute atomic E-state index is 0.0477. The van der Waals surface area contributed by atoms with Crippen molar-refractivity contribution in [2.75, 3.05) is 27.2 Å². The van der Waals surface area contributed by atoms with E-state index in [1.165, 1.54) is 0 Å². The van der Waals surface area contributed by atoms with Gasteiger partial charge in [0.25, 0.3) is 0 Å². The van der Waals surface area contributed by atoms with Crippen LogP contribution in [0.25, 0.3) is 0 Å². The Balaban J connectivity index is 2.35. The molecule has 0 radical (unpaired) electrons. The normalized spacial score (nSPS) is 20.2. The number of benzene rings is 1. The molecule has 1 N–H and O–H groups in total. The Morgan fingerprint density at radius 1 is 1.45 bits per heavy atom. The van der Waals surface area contributed by atoms with Crippen molar-refractivity contribution in [1.82, 2.24) is 9.62 Å². The lowest BCUT2D eigenvalue weighted by Gasteiger charge is -2.24. The van der Waals surface area contributed by atoms with Gasteiger partial charge >= 0.3 is 0 Å². The fourth-order valence-electron chi connectivity index (χ4n) is 2.73. The molecular weight excluding hydrogens is 276 g/mol. The monoisotopic (exact) mass is 298 g/mol. The average molecular weight is 298 g/mol. The molecule has 20 heavy (non-hydrogen) atoms. The van der Waals surface area contributed by atoms with Gasteiger partial charge in [-0.25, -0.2) is 8.42 Å². The summed E-state index contributed by atoms with van der Waals surface area (Å²) in [5.74, 6) is 0.676. The SMILES string of the molecule is CNCC1CCCN1S(=O)(=O)c1ccc(OC)cc1C. The van der Waals surface area contributed by atoms with Crippen LogP contribution in [0.2, 0.25) is 0 Å². The minimum Gasteiger partial charge on any atom is -0.497 e. The molecule has 1 unspecified atom stereocenters. The second-order valence-electron chi connectivity index (χ2n) is 5.10. The standard InChI is InChI=1S/C14H22N2O3S/c1-11-9-13(19-3)6-7-14(11)20(17,18)16-8-4-5-12(16)10-15-2/h6-7,9,12,15H,4-5,8,10H2,1-3H3. The third kappa shape index (κ3) is 2.82. The van der Waals surface area contributed by atoms with E-state index >= 15 is 0 Å². The zero-order valence-corrected chi connectivity index (χ0v) is 13.0. The first kappa shape index (κ1) is 15.3. The number of nitrogens with zero attached hydrogens (tertiary/aromatic N) is 1. The second kappa shape index (κ2) is 6.11. The molecule has 112 valence electrons. The number of hydrogen-bond donors (Lipinski definition) is 1. The molecular formula is C14H22N2O3S. The molecule has 0 spiro atoms.